The summed E-state index contributed by atoms with van der Waals surface area (Å²) < 4.78 is 0. The van der Waals surface area contributed by atoms with Crippen molar-refractivity contribution in [3.05, 3.63) is 0 Å². The van der Waals surface area contributed by atoms with Crippen LogP contribution in [-0.2, 0) is 9.59 Å². The molecular weight excluding hydrogens is 304 g/mol. The molecule has 0 radical (unpaired) electrons. The maximum absolute atomic E-state index is 10.2. The van der Waals surface area contributed by atoms with Crippen molar-refractivity contribution in [2.75, 3.05) is 0 Å². The Labute approximate surface area is 158 Å². The van der Waals surface area contributed by atoms with Gasteiger partial charge in [-0.15, -0.1) is 0 Å². The van der Waals surface area contributed by atoms with E-state index in [-0.39, 0.29) is 58.6 Å². The van der Waals surface area contributed by atoms with Gasteiger partial charge in [-0.2, -0.15) is 0 Å². The van der Waals surface area contributed by atoms with Gasteiger partial charge in [0.25, 0.3) is 0 Å². The number of hydrogen-bond donors (Lipinski definition) is 0. The smallest absolute Gasteiger partial charge is 0.550 e. The molecule has 2 unspecified atom stereocenters. The SMILES string of the molecule is CC(CC(=O)[O-])CC(C)(C)C.CC(CC(=O)[O-])CC(C)(C)C.[Mg+2]. The predicted octanol–water partition coefficient (Wildman–Crippen LogP) is 2.02. The maximum atomic E-state index is 10.2. The summed E-state index contributed by atoms with van der Waals surface area (Å²) in [4.78, 5) is 20.4. The molecule has 0 bridgehead atoms. The number of carboxylic acid groups (broad SMARTS) is 2. The van der Waals surface area contributed by atoms with E-state index in [0.717, 1.165) is 12.8 Å². The Morgan fingerprint density at radius 3 is 1.09 bits per heavy atom. The van der Waals surface area contributed by atoms with Gasteiger partial charge < -0.3 is 19.8 Å². The molecular formula is C18H34MgO4. The predicted molar refractivity (Wildman–Crippen MR) is 91.5 cm³/mol. The third kappa shape index (κ3) is 26.9. The van der Waals surface area contributed by atoms with Crippen LogP contribution in [0.5, 0.6) is 0 Å². The van der Waals surface area contributed by atoms with Crippen molar-refractivity contribution in [2.45, 2.75) is 81.1 Å². The third-order valence-corrected chi connectivity index (χ3v) is 2.95. The first-order valence-electron chi connectivity index (χ1n) is 8.02. The summed E-state index contributed by atoms with van der Waals surface area (Å²) in [6.07, 6.45) is 2.22. The Balaban J connectivity index is -0.000000333. The zero-order chi connectivity index (χ0) is 18.1. The van der Waals surface area contributed by atoms with Gasteiger partial charge in [-0.3, -0.25) is 0 Å². The molecule has 23 heavy (non-hydrogen) atoms. The van der Waals surface area contributed by atoms with Crippen LogP contribution >= 0.6 is 0 Å². The van der Waals surface area contributed by atoms with Gasteiger partial charge in [-0.05, 0) is 48.3 Å². The second-order valence-electron chi connectivity index (χ2n) is 8.89. The molecule has 0 saturated heterocycles. The van der Waals surface area contributed by atoms with Crippen molar-refractivity contribution in [1.29, 1.82) is 0 Å². The molecule has 0 heterocycles. The summed E-state index contributed by atoms with van der Waals surface area (Å²) in [6, 6.07) is 0. The van der Waals surface area contributed by atoms with Crippen molar-refractivity contribution in [1.82, 2.24) is 0 Å². The molecule has 0 rings (SSSR count). The van der Waals surface area contributed by atoms with Gasteiger partial charge in [0, 0.05) is 11.9 Å². The van der Waals surface area contributed by atoms with Crippen LogP contribution in [0.3, 0.4) is 0 Å². The second kappa shape index (κ2) is 12.1. The minimum Gasteiger partial charge on any atom is -0.550 e. The number of carbonyl (C=O) groups is 2. The van der Waals surface area contributed by atoms with Crippen LogP contribution in [0, 0.1) is 22.7 Å². The number of hydrogen-bond acceptors (Lipinski definition) is 4. The number of carboxylic acids is 2. The van der Waals surface area contributed by atoms with Gasteiger partial charge >= 0.3 is 23.1 Å². The van der Waals surface area contributed by atoms with Crippen LogP contribution in [0.15, 0.2) is 0 Å². The first kappa shape index (κ1) is 27.5. The zero-order valence-corrected chi connectivity index (χ0v) is 17.7. The fourth-order valence-corrected chi connectivity index (χ4v) is 2.80. The summed E-state index contributed by atoms with van der Waals surface area (Å²) in [5.74, 6) is -1.44. The fraction of sp³-hybridized carbons (Fsp3) is 0.889. The monoisotopic (exact) mass is 338 g/mol. The molecule has 0 aliphatic rings. The summed E-state index contributed by atoms with van der Waals surface area (Å²) in [5.41, 5.74) is 0.434. The van der Waals surface area contributed by atoms with E-state index in [9.17, 15) is 19.8 Å². The van der Waals surface area contributed by atoms with Gasteiger partial charge in [0.05, 0.1) is 0 Å². The van der Waals surface area contributed by atoms with E-state index in [1.807, 2.05) is 13.8 Å². The molecule has 4 nitrogen and oxygen atoms in total. The maximum Gasteiger partial charge on any atom is 2.00 e. The molecule has 0 fully saturated rings. The molecule has 132 valence electrons. The molecule has 0 saturated carbocycles. The Bertz CT molecular complexity index is 306. The largest absolute Gasteiger partial charge is 2.00 e. The Morgan fingerprint density at radius 2 is 0.957 bits per heavy atom. The molecule has 0 aromatic carbocycles. The first-order chi connectivity index (χ1) is 9.62. The van der Waals surface area contributed by atoms with Crippen LogP contribution in [0.2, 0.25) is 0 Å². The quantitative estimate of drug-likeness (QED) is 0.694. The van der Waals surface area contributed by atoms with Gasteiger partial charge in [0.15, 0.2) is 0 Å². The van der Waals surface area contributed by atoms with E-state index < -0.39 is 11.9 Å². The minimum absolute atomic E-state index is 0. The summed E-state index contributed by atoms with van der Waals surface area (Å²) in [7, 11) is 0. The Morgan fingerprint density at radius 1 is 0.739 bits per heavy atom. The van der Waals surface area contributed by atoms with E-state index in [4.69, 9.17) is 0 Å². The zero-order valence-electron chi connectivity index (χ0n) is 16.3. The molecule has 2 atom stereocenters. The molecule has 0 aromatic heterocycles. The normalized spacial score (nSPS) is 13.9. The van der Waals surface area contributed by atoms with Crippen LogP contribution in [0.4, 0.5) is 0 Å². The number of rotatable bonds is 6. The third-order valence-electron chi connectivity index (χ3n) is 2.95. The standard InChI is InChI=1S/2C9H18O2.Mg/c2*1-7(5-8(10)11)6-9(2,3)4;/h2*7H,5-6H2,1-4H3,(H,10,11);/q;;+2/p-2. The first-order valence-corrected chi connectivity index (χ1v) is 8.02. The van der Waals surface area contributed by atoms with E-state index in [1.54, 1.807) is 0 Å². The number of carbonyl (C=O) groups excluding carboxylic acids is 2. The molecule has 5 heteroatoms. The van der Waals surface area contributed by atoms with E-state index in [2.05, 4.69) is 41.5 Å². The van der Waals surface area contributed by atoms with E-state index in [1.165, 1.54) is 0 Å². The van der Waals surface area contributed by atoms with Crippen molar-refractivity contribution in [3.63, 3.8) is 0 Å². The van der Waals surface area contributed by atoms with Gasteiger partial charge in [0.2, 0.25) is 0 Å². The van der Waals surface area contributed by atoms with E-state index in [0.29, 0.717) is 0 Å². The number of aliphatic carboxylic acids is 2. The molecule has 0 aromatic rings. The topological polar surface area (TPSA) is 80.3 Å². The van der Waals surface area contributed by atoms with Crippen molar-refractivity contribution < 1.29 is 19.8 Å². The molecule has 0 amide bonds. The van der Waals surface area contributed by atoms with Crippen LogP contribution in [0.1, 0.15) is 81.1 Å². The van der Waals surface area contributed by atoms with Gasteiger partial charge in [-0.25, -0.2) is 0 Å². The molecule has 0 N–H and O–H groups in total. The van der Waals surface area contributed by atoms with Crippen LogP contribution in [-0.4, -0.2) is 35.0 Å². The molecule has 0 aliphatic carbocycles. The van der Waals surface area contributed by atoms with Crippen molar-refractivity contribution >= 4 is 35.0 Å². The van der Waals surface area contributed by atoms with Gasteiger partial charge in [0.1, 0.15) is 0 Å². The molecule has 0 spiro atoms. The molecule has 0 aliphatic heterocycles. The van der Waals surface area contributed by atoms with Gasteiger partial charge in [-0.1, -0.05) is 55.4 Å². The average molecular weight is 339 g/mol. The summed E-state index contributed by atoms with van der Waals surface area (Å²) in [6.45, 7) is 16.6. The van der Waals surface area contributed by atoms with E-state index >= 15 is 0 Å². The second-order valence-corrected chi connectivity index (χ2v) is 8.89. The minimum atomic E-state index is -0.943. The average Bonchev–Trinajstić information content (AvgIpc) is 2.07. The van der Waals surface area contributed by atoms with Crippen LogP contribution < -0.4 is 10.2 Å². The fourth-order valence-electron chi connectivity index (χ4n) is 2.80. The summed E-state index contributed by atoms with van der Waals surface area (Å²) in [5, 5.41) is 20.4. The summed E-state index contributed by atoms with van der Waals surface area (Å²) >= 11 is 0. The Kier molecular flexibility index (Phi) is 14.5. The Hall–Kier alpha value is -0.294. The van der Waals surface area contributed by atoms with Crippen LogP contribution in [0.25, 0.3) is 0 Å². The van der Waals surface area contributed by atoms with Crippen molar-refractivity contribution in [2.24, 2.45) is 22.7 Å². The van der Waals surface area contributed by atoms with Crippen molar-refractivity contribution in [3.8, 4) is 0 Å².